The molecule has 0 amide bonds. The summed E-state index contributed by atoms with van der Waals surface area (Å²) in [5, 5.41) is 5.55. The van der Waals surface area contributed by atoms with Gasteiger partial charge in [-0.3, -0.25) is 0 Å². The normalized spacial score (nSPS) is 14.8. The molecule has 4 aromatic rings. The summed E-state index contributed by atoms with van der Waals surface area (Å²) in [4.78, 5) is 9.68. The molecule has 0 aliphatic carbocycles. The number of imidazole rings is 1. The molecule has 8 heteroatoms. The number of hydrogen-bond donors (Lipinski definition) is 0. The van der Waals surface area contributed by atoms with E-state index < -0.39 is 0 Å². The van der Waals surface area contributed by atoms with E-state index in [2.05, 4.69) is 19.9 Å². The minimum absolute atomic E-state index is 0.183. The van der Waals surface area contributed by atoms with E-state index in [-0.39, 0.29) is 11.6 Å². The molecule has 1 aliphatic rings. The summed E-state index contributed by atoms with van der Waals surface area (Å²) in [7, 11) is 0. The number of rotatable bonds is 3. The molecule has 5 rings (SSSR count). The van der Waals surface area contributed by atoms with Gasteiger partial charge in [-0.05, 0) is 36.4 Å². The number of piperazine rings is 1. The van der Waals surface area contributed by atoms with Crippen molar-refractivity contribution >= 4 is 27.1 Å². The molecular formula is C20H17F2N5S. The Morgan fingerprint density at radius 1 is 0.857 bits per heavy atom. The summed E-state index contributed by atoms with van der Waals surface area (Å²) in [6.45, 7) is 3.03. The summed E-state index contributed by atoms with van der Waals surface area (Å²) in [6, 6.07) is 13.2. The minimum Gasteiger partial charge on any atom is -0.366 e. The lowest BCUT2D eigenvalue weighted by Gasteiger charge is -2.35. The smallest absolute Gasteiger partial charge is 0.214 e. The van der Waals surface area contributed by atoms with Crippen LogP contribution in [0.1, 0.15) is 0 Å². The van der Waals surface area contributed by atoms with Crippen LogP contribution in [0.2, 0.25) is 0 Å². The van der Waals surface area contributed by atoms with E-state index in [1.165, 1.54) is 29.5 Å². The first-order chi connectivity index (χ1) is 13.7. The number of hydrogen-bond acceptors (Lipinski definition) is 5. The SMILES string of the molecule is Fc1ccc(-c2cn3nc(N4CCN(c5ccccc5F)CC4)sc3n2)cc1. The van der Waals surface area contributed by atoms with Crippen molar-refractivity contribution in [3.05, 3.63) is 66.4 Å². The second kappa shape index (κ2) is 6.87. The van der Waals surface area contributed by atoms with Gasteiger partial charge in [-0.2, -0.15) is 0 Å². The zero-order valence-corrected chi connectivity index (χ0v) is 15.7. The van der Waals surface area contributed by atoms with E-state index in [0.29, 0.717) is 5.69 Å². The van der Waals surface area contributed by atoms with Gasteiger partial charge in [0.1, 0.15) is 11.6 Å². The van der Waals surface area contributed by atoms with Gasteiger partial charge in [-0.1, -0.05) is 23.5 Å². The third kappa shape index (κ3) is 3.09. The third-order valence-electron chi connectivity index (χ3n) is 4.92. The van der Waals surface area contributed by atoms with Gasteiger partial charge in [0.15, 0.2) is 0 Å². The van der Waals surface area contributed by atoms with Crippen molar-refractivity contribution in [3.63, 3.8) is 0 Å². The zero-order chi connectivity index (χ0) is 19.1. The average molecular weight is 397 g/mol. The first kappa shape index (κ1) is 17.1. The minimum atomic E-state index is -0.264. The lowest BCUT2D eigenvalue weighted by molar-refractivity contribution is 0.596. The van der Waals surface area contributed by atoms with Crippen molar-refractivity contribution in [1.82, 2.24) is 14.6 Å². The molecule has 0 radical (unpaired) electrons. The van der Waals surface area contributed by atoms with E-state index in [4.69, 9.17) is 0 Å². The molecular weight excluding hydrogens is 380 g/mol. The van der Waals surface area contributed by atoms with E-state index in [0.717, 1.165) is 47.5 Å². The Bertz CT molecular complexity index is 1080. The molecule has 1 fully saturated rings. The average Bonchev–Trinajstić information content (AvgIpc) is 3.28. The Balaban J connectivity index is 1.31. The number of para-hydroxylation sites is 1. The van der Waals surface area contributed by atoms with Crippen LogP contribution in [0.15, 0.2) is 54.7 Å². The molecule has 0 N–H and O–H groups in total. The first-order valence-electron chi connectivity index (χ1n) is 9.04. The summed E-state index contributed by atoms with van der Waals surface area (Å²) >= 11 is 1.52. The van der Waals surface area contributed by atoms with Gasteiger partial charge in [0.25, 0.3) is 0 Å². The van der Waals surface area contributed by atoms with E-state index >= 15 is 0 Å². The fourth-order valence-corrected chi connectivity index (χ4v) is 4.36. The summed E-state index contributed by atoms with van der Waals surface area (Å²) in [6.07, 6.45) is 1.86. The number of anilines is 2. The van der Waals surface area contributed by atoms with Gasteiger partial charge >= 0.3 is 0 Å². The van der Waals surface area contributed by atoms with Crippen LogP contribution in [0.5, 0.6) is 0 Å². The highest BCUT2D eigenvalue weighted by Gasteiger charge is 2.22. The Morgan fingerprint density at radius 3 is 2.29 bits per heavy atom. The molecule has 0 unspecified atom stereocenters. The largest absolute Gasteiger partial charge is 0.366 e. The van der Waals surface area contributed by atoms with E-state index in [9.17, 15) is 8.78 Å². The molecule has 2 aromatic carbocycles. The van der Waals surface area contributed by atoms with Crippen LogP contribution in [0.25, 0.3) is 16.2 Å². The molecule has 142 valence electrons. The number of aromatic nitrogens is 3. The topological polar surface area (TPSA) is 36.7 Å². The van der Waals surface area contributed by atoms with Crippen molar-refractivity contribution in [2.24, 2.45) is 0 Å². The molecule has 1 saturated heterocycles. The highest BCUT2D eigenvalue weighted by atomic mass is 32.1. The third-order valence-corrected chi connectivity index (χ3v) is 5.90. The molecule has 5 nitrogen and oxygen atoms in total. The summed E-state index contributed by atoms with van der Waals surface area (Å²) < 4.78 is 28.9. The number of halogens is 2. The van der Waals surface area contributed by atoms with Gasteiger partial charge in [-0.25, -0.2) is 18.3 Å². The van der Waals surface area contributed by atoms with Gasteiger partial charge in [0, 0.05) is 31.7 Å². The van der Waals surface area contributed by atoms with Crippen LogP contribution in [0, 0.1) is 11.6 Å². The summed E-state index contributed by atoms with van der Waals surface area (Å²) in [5.74, 6) is -0.448. The van der Waals surface area contributed by atoms with Gasteiger partial charge in [0.05, 0.1) is 17.6 Å². The predicted molar refractivity (Wildman–Crippen MR) is 107 cm³/mol. The second-order valence-electron chi connectivity index (χ2n) is 6.67. The molecule has 0 saturated carbocycles. The maximum absolute atomic E-state index is 14.0. The fraction of sp³-hybridized carbons (Fsp3) is 0.200. The number of nitrogens with zero attached hydrogens (tertiary/aromatic N) is 5. The first-order valence-corrected chi connectivity index (χ1v) is 9.85. The molecule has 0 bridgehead atoms. The number of fused-ring (bicyclic) bond motifs is 1. The maximum atomic E-state index is 14.0. The van der Waals surface area contributed by atoms with Crippen molar-refractivity contribution in [3.8, 4) is 11.3 Å². The van der Waals surface area contributed by atoms with Crippen LogP contribution < -0.4 is 9.80 Å². The van der Waals surface area contributed by atoms with E-state index in [1.54, 1.807) is 22.7 Å². The highest BCUT2D eigenvalue weighted by molar-refractivity contribution is 7.20. The zero-order valence-electron chi connectivity index (χ0n) is 14.9. The Labute approximate surface area is 164 Å². The Morgan fingerprint density at radius 2 is 1.57 bits per heavy atom. The van der Waals surface area contributed by atoms with Crippen molar-refractivity contribution in [2.75, 3.05) is 36.0 Å². The van der Waals surface area contributed by atoms with Gasteiger partial charge in [-0.15, -0.1) is 5.10 Å². The van der Waals surface area contributed by atoms with Crippen LogP contribution in [-0.2, 0) is 0 Å². The van der Waals surface area contributed by atoms with Crippen LogP contribution >= 0.6 is 11.3 Å². The van der Waals surface area contributed by atoms with Crippen molar-refractivity contribution in [2.45, 2.75) is 0 Å². The van der Waals surface area contributed by atoms with Crippen LogP contribution in [0.4, 0.5) is 19.6 Å². The van der Waals surface area contributed by atoms with Crippen LogP contribution in [0.3, 0.4) is 0 Å². The van der Waals surface area contributed by atoms with Crippen molar-refractivity contribution in [1.29, 1.82) is 0 Å². The highest BCUT2D eigenvalue weighted by Crippen LogP contribution is 2.28. The monoisotopic (exact) mass is 397 g/mol. The fourth-order valence-electron chi connectivity index (χ4n) is 3.42. The molecule has 2 aromatic heterocycles. The van der Waals surface area contributed by atoms with Crippen molar-refractivity contribution < 1.29 is 8.78 Å². The van der Waals surface area contributed by atoms with Crippen LogP contribution in [-0.4, -0.2) is 40.8 Å². The molecule has 0 spiro atoms. The Hall–Kier alpha value is -3.00. The lowest BCUT2D eigenvalue weighted by Crippen LogP contribution is -2.46. The van der Waals surface area contributed by atoms with Gasteiger partial charge in [0.2, 0.25) is 10.1 Å². The maximum Gasteiger partial charge on any atom is 0.214 e. The lowest BCUT2D eigenvalue weighted by atomic mass is 10.2. The molecule has 0 atom stereocenters. The quantitative estimate of drug-likeness (QED) is 0.522. The van der Waals surface area contributed by atoms with E-state index in [1.807, 2.05) is 18.3 Å². The standard InChI is InChI=1S/C20H17F2N5S/c21-15-7-5-14(6-8-15)17-13-27-19(23-17)28-20(24-27)26-11-9-25(10-12-26)18-4-2-1-3-16(18)22/h1-8,13H,9-12H2. The molecule has 3 heterocycles. The summed E-state index contributed by atoms with van der Waals surface area (Å²) in [5.41, 5.74) is 2.29. The second-order valence-corrected chi connectivity index (χ2v) is 7.60. The molecule has 28 heavy (non-hydrogen) atoms. The van der Waals surface area contributed by atoms with Gasteiger partial charge < -0.3 is 9.80 Å². The number of benzene rings is 2. The molecule has 1 aliphatic heterocycles. The Kier molecular flexibility index (Phi) is 4.20. The predicted octanol–water partition coefficient (Wildman–Crippen LogP) is 4.06.